The number of hydrogen-bond acceptors (Lipinski definition) is 1. The van der Waals surface area contributed by atoms with Crippen LogP contribution in [-0.2, 0) is 12.8 Å². The number of carbonyl (C=O) groups is 1. The molecule has 3 rings (SSSR count). The molecule has 1 aromatic heterocycles. The van der Waals surface area contributed by atoms with Gasteiger partial charge in [0.15, 0.2) is 5.78 Å². The molecule has 1 aromatic carbocycles. The van der Waals surface area contributed by atoms with Crippen molar-refractivity contribution in [2.45, 2.75) is 47.0 Å². The van der Waals surface area contributed by atoms with Crippen LogP contribution in [0.1, 0.15) is 54.4 Å². The van der Waals surface area contributed by atoms with Crippen LogP contribution in [0.4, 0.5) is 0 Å². The lowest BCUT2D eigenvalue weighted by molar-refractivity contribution is 0.0910. The van der Waals surface area contributed by atoms with Gasteiger partial charge in [-0.05, 0) is 48.4 Å². The molecule has 0 N–H and O–H groups in total. The summed E-state index contributed by atoms with van der Waals surface area (Å²) in [6, 6.07) is 8.50. The van der Waals surface area contributed by atoms with Crippen molar-refractivity contribution in [2.24, 2.45) is 5.41 Å². The highest BCUT2D eigenvalue weighted by Gasteiger charge is 2.35. The zero-order valence-corrected chi connectivity index (χ0v) is 13.4. The van der Waals surface area contributed by atoms with Crippen LogP contribution < -0.4 is 0 Å². The van der Waals surface area contributed by atoms with E-state index in [1.54, 1.807) is 0 Å². The van der Waals surface area contributed by atoms with Crippen molar-refractivity contribution in [1.82, 2.24) is 4.57 Å². The lowest BCUT2D eigenvalue weighted by atomic mass is 9.75. The first-order valence-corrected chi connectivity index (χ1v) is 7.74. The molecule has 110 valence electrons. The van der Waals surface area contributed by atoms with Gasteiger partial charge in [-0.3, -0.25) is 4.79 Å². The van der Waals surface area contributed by atoms with Gasteiger partial charge in [0.2, 0.25) is 0 Å². The SMILES string of the molecule is CCc1cn(-c2cccc(C)c2)c2c1C(=O)CC(C)(C)C2. The first-order valence-electron chi connectivity index (χ1n) is 7.74. The second-order valence-corrected chi connectivity index (χ2v) is 6.98. The number of hydrogen-bond donors (Lipinski definition) is 0. The average Bonchev–Trinajstić information content (AvgIpc) is 2.76. The Balaban J connectivity index is 2.22. The van der Waals surface area contributed by atoms with Crippen molar-refractivity contribution in [3.63, 3.8) is 0 Å². The number of aromatic nitrogens is 1. The van der Waals surface area contributed by atoms with Crippen LogP contribution in [0.15, 0.2) is 30.5 Å². The largest absolute Gasteiger partial charge is 0.320 e. The molecule has 1 aliphatic carbocycles. The van der Waals surface area contributed by atoms with E-state index in [-0.39, 0.29) is 5.41 Å². The molecule has 0 fully saturated rings. The van der Waals surface area contributed by atoms with Crippen LogP contribution in [0.3, 0.4) is 0 Å². The van der Waals surface area contributed by atoms with Gasteiger partial charge in [0.05, 0.1) is 0 Å². The molecule has 2 aromatic rings. The third-order valence-electron chi connectivity index (χ3n) is 4.41. The number of aryl methyl sites for hydroxylation is 2. The Kier molecular flexibility index (Phi) is 3.27. The van der Waals surface area contributed by atoms with Crippen LogP contribution in [-0.4, -0.2) is 10.4 Å². The lowest BCUT2D eigenvalue weighted by Crippen LogP contribution is -2.28. The van der Waals surface area contributed by atoms with Gasteiger partial charge in [0.1, 0.15) is 0 Å². The third-order valence-corrected chi connectivity index (χ3v) is 4.41. The molecule has 0 aliphatic heterocycles. The molecule has 0 atom stereocenters. The quantitative estimate of drug-likeness (QED) is 0.794. The van der Waals surface area contributed by atoms with E-state index in [1.165, 1.54) is 16.8 Å². The second kappa shape index (κ2) is 4.87. The van der Waals surface area contributed by atoms with E-state index in [0.29, 0.717) is 12.2 Å². The Labute approximate surface area is 126 Å². The Morgan fingerprint density at radius 1 is 1.24 bits per heavy atom. The summed E-state index contributed by atoms with van der Waals surface area (Å²) in [6.07, 6.45) is 4.69. The number of nitrogens with zero attached hydrogens (tertiary/aromatic N) is 1. The molecule has 0 amide bonds. The van der Waals surface area contributed by atoms with E-state index in [1.807, 2.05) is 0 Å². The first kappa shape index (κ1) is 14.1. The van der Waals surface area contributed by atoms with Crippen molar-refractivity contribution in [3.05, 3.63) is 52.8 Å². The maximum atomic E-state index is 12.6. The summed E-state index contributed by atoms with van der Waals surface area (Å²) in [4.78, 5) is 12.6. The molecule has 0 radical (unpaired) electrons. The van der Waals surface area contributed by atoms with Crippen LogP contribution in [0.5, 0.6) is 0 Å². The van der Waals surface area contributed by atoms with Crippen molar-refractivity contribution < 1.29 is 4.79 Å². The minimum Gasteiger partial charge on any atom is -0.320 e. The molecule has 0 saturated carbocycles. The fourth-order valence-electron chi connectivity index (χ4n) is 3.43. The lowest BCUT2D eigenvalue weighted by Gasteiger charge is -2.30. The maximum Gasteiger partial charge on any atom is 0.165 e. The number of Topliss-reactive ketones (excluding diaryl/α,β-unsaturated/α-hetero) is 1. The van der Waals surface area contributed by atoms with E-state index in [0.717, 1.165) is 24.1 Å². The van der Waals surface area contributed by atoms with Crippen molar-refractivity contribution >= 4 is 5.78 Å². The van der Waals surface area contributed by atoms with E-state index in [9.17, 15) is 4.79 Å². The van der Waals surface area contributed by atoms with Crippen molar-refractivity contribution in [3.8, 4) is 5.69 Å². The standard InChI is InChI=1S/C19H23NO/c1-5-14-12-20(15-8-6-7-13(2)9-15)16-10-19(3,4)11-17(21)18(14)16/h6-9,12H,5,10-11H2,1-4H3. The van der Waals surface area contributed by atoms with Gasteiger partial charge in [0, 0.05) is 29.6 Å². The Hall–Kier alpha value is -1.83. The highest BCUT2D eigenvalue weighted by Crippen LogP contribution is 2.38. The zero-order valence-electron chi connectivity index (χ0n) is 13.4. The molecule has 2 nitrogen and oxygen atoms in total. The molecule has 0 saturated heterocycles. The molecule has 1 aliphatic rings. The van der Waals surface area contributed by atoms with Gasteiger partial charge in [-0.15, -0.1) is 0 Å². The Bertz CT molecular complexity index is 706. The minimum atomic E-state index is 0.0506. The fraction of sp³-hybridized carbons (Fsp3) is 0.421. The normalized spacial score (nSPS) is 16.9. The van der Waals surface area contributed by atoms with Crippen LogP contribution in [0.2, 0.25) is 0 Å². The predicted molar refractivity (Wildman–Crippen MR) is 86.3 cm³/mol. The molecule has 1 heterocycles. The van der Waals surface area contributed by atoms with E-state index >= 15 is 0 Å². The highest BCUT2D eigenvalue weighted by atomic mass is 16.1. The topological polar surface area (TPSA) is 22.0 Å². The van der Waals surface area contributed by atoms with E-state index in [2.05, 4.69) is 62.7 Å². The van der Waals surface area contributed by atoms with Gasteiger partial charge in [-0.25, -0.2) is 0 Å². The van der Waals surface area contributed by atoms with Gasteiger partial charge in [0.25, 0.3) is 0 Å². The monoisotopic (exact) mass is 281 g/mol. The molecule has 21 heavy (non-hydrogen) atoms. The Morgan fingerprint density at radius 3 is 2.67 bits per heavy atom. The molecule has 0 bridgehead atoms. The molecular weight excluding hydrogens is 258 g/mol. The minimum absolute atomic E-state index is 0.0506. The summed E-state index contributed by atoms with van der Waals surface area (Å²) in [5, 5.41) is 0. The first-order chi connectivity index (χ1) is 9.91. The zero-order chi connectivity index (χ0) is 15.2. The van der Waals surface area contributed by atoms with Crippen LogP contribution in [0.25, 0.3) is 5.69 Å². The number of rotatable bonds is 2. The number of carbonyl (C=O) groups excluding carboxylic acids is 1. The van der Waals surface area contributed by atoms with E-state index < -0.39 is 0 Å². The molecule has 2 heteroatoms. The van der Waals surface area contributed by atoms with Gasteiger partial charge >= 0.3 is 0 Å². The summed E-state index contributed by atoms with van der Waals surface area (Å²) in [7, 11) is 0. The Morgan fingerprint density at radius 2 is 2.00 bits per heavy atom. The summed E-state index contributed by atoms with van der Waals surface area (Å²) in [6.45, 7) is 8.61. The smallest absolute Gasteiger partial charge is 0.165 e. The van der Waals surface area contributed by atoms with Gasteiger partial charge < -0.3 is 4.57 Å². The summed E-state index contributed by atoms with van der Waals surface area (Å²) in [5.41, 5.74) is 5.82. The summed E-state index contributed by atoms with van der Waals surface area (Å²) in [5.74, 6) is 0.310. The number of ketones is 1. The average molecular weight is 281 g/mol. The molecule has 0 spiro atoms. The van der Waals surface area contributed by atoms with E-state index in [4.69, 9.17) is 0 Å². The second-order valence-electron chi connectivity index (χ2n) is 6.98. The predicted octanol–water partition coefficient (Wildman–Crippen LogP) is 4.50. The summed E-state index contributed by atoms with van der Waals surface area (Å²) < 4.78 is 2.24. The fourth-order valence-corrected chi connectivity index (χ4v) is 3.43. The van der Waals surface area contributed by atoms with Crippen LogP contribution in [0, 0.1) is 12.3 Å². The third kappa shape index (κ3) is 2.44. The molecular formula is C19H23NO. The van der Waals surface area contributed by atoms with Gasteiger partial charge in [-0.1, -0.05) is 32.9 Å². The summed E-state index contributed by atoms with van der Waals surface area (Å²) >= 11 is 0. The number of fused-ring (bicyclic) bond motifs is 1. The van der Waals surface area contributed by atoms with Gasteiger partial charge in [-0.2, -0.15) is 0 Å². The van der Waals surface area contributed by atoms with Crippen molar-refractivity contribution in [2.75, 3.05) is 0 Å². The van der Waals surface area contributed by atoms with Crippen molar-refractivity contribution in [1.29, 1.82) is 0 Å². The van der Waals surface area contributed by atoms with Crippen LogP contribution >= 0.6 is 0 Å². The number of benzene rings is 1. The maximum absolute atomic E-state index is 12.6. The highest BCUT2D eigenvalue weighted by molar-refractivity contribution is 6.00. The molecule has 0 unspecified atom stereocenters.